The fraction of sp³-hybridized carbons (Fsp3) is 0.800. The molecule has 0 aromatic heterocycles. The molecule has 0 rings (SSSR count). The van der Waals surface area contributed by atoms with E-state index >= 15 is 0 Å². The molecule has 0 nitrogen and oxygen atoms in total. The van der Waals surface area contributed by atoms with Gasteiger partial charge in [-0.1, -0.05) is 90.0 Å². The standard InChI is InChI=1S/C20H38/c1-4-7-9-11-12-13-15-17-19-20(6-3)18-16-14-10-8-5-2/h16-20H,4-15H2,1-3H3. The second-order valence-electron chi connectivity index (χ2n) is 5.98. The molecule has 0 N–H and O–H groups in total. The molecule has 0 saturated heterocycles. The van der Waals surface area contributed by atoms with Crippen LogP contribution in [-0.4, -0.2) is 0 Å². The fourth-order valence-electron chi connectivity index (χ4n) is 2.43. The van der Waals surface area contributed by atoms with Gasteiger partial charge in [0, 0.05) is 0 Å². The van der Waals surface area contributed by atoms with Crippen molar-refractivity contribution >= 4 is 0 Å². The van der Waals surface area contributed by atoms with Gasteiger partial charge in [0.2, 0.25) is 0 Å². The fourth-order valence-corrected chi connectivity index (χ4v) is 2.43. The van der Waals surface area contributed by atoms with Crippen molar-refractivity contribution in [3.05, 3.63) is 24.3 Å². The quantitative estimate of drug-likeness (QED) is 0.228. The van der Waals surface area contributed by atoms with Gasteiger partial charge in [-0.25, -0.2) is 0 Å². The third kappa shape index (κ3) is 13.9. The zero-order valence-electron chi connectivity index (χ0n) is 14.4. The average Bonchev–Trinajstić information content (AvgIpc) is 2.47. The minimum Gasteiger partial charge on any atom is -0.0879 e. The molecule has 0 heteroatoms. The van der Waals surface area contributed by atoms with Crippen LogP contribution in [0.2, 0.25) is 0 Å². The Bertz CT molecular complexity index is 224. The molecule has 0 spiro atoms. The Morgan fingerprint density at radius 3 is 1.60 bits per heavy atom. The summed E-state index contributed by atoms with van der Waals surface area (Å²) >= 11 is 0. The lowest BCUT2D eigenvalue weighted by atomic mass is 10.0. The van der Waals surface area contributed by atoms with Gasteiger partial charge in [-0.3, -0.25) is 0 Å². The van der Waals surface area contributed by atoms with Crippen molar-refractivity contribution in [3.63, 3.8) is 0 Å². The van der Waals surface area contributed by atoms with Gasteiger partial charge in [-0.15, -0.1) is 0 Å². The zero-order valence-corrected chi connectivity index (χ0v) is 14.4. The van der Waals surface area contributed by atoms with Crippen LogP contribution in [0.3, 0.4) is 0 Å². The first-order chi connectivity index (χ1) is 9.85. The van der Waals surface area contributed by atoms with Crippen LogP contribution in [0.5, 0.6) is 0 Å². The maximum atomic E-state index is 2.42. The van der Waals surface area contributed by atoms with E-state index in [-0.39, 0.29) is 0 Å². The summed E-state index contributed by atoms with van der Waals surface area (Å²) in [6.45, 7) is 6.84. The average molecular weight is 279 g/mol. The molecule has 0 amide bonds. The van der Waals surface area contributed by atoms with E-state index in [2.05, 4.69) is 45.1 Å². The monoisotopic (exact) mass is 278 g/mol. The van der Waals surface area contributed by atoms with E-state index in [1.54, 1.807) is 0 Å². The molecule has 0 radical (unpaired) electrons. The molecule has 1 atom stereocenters. The molecule has 20 heavy (non-hydrogen) atoms. The highest BCUT2D eigenvalue weighted by molar-refractivity contribution is 5.00. The Kier molecular flexibility index (Phi) is 16.1. The van der Waals surface area contributed by atoms with Crippen molar-refractivity contribution in [3.8, 4) is 0 Å². The van der Waals surface area contributed by atoms with Crippen LogP contribution >= 0.6 is 0 Å². The Balaban J connectivity index is 3.57. The van der Waals surface area contributed by atoms with Crippen molar-refractivity contribution in [2.45, 2.75) is 97.8 Å². The topological polar surface area (TPSA) is 0 Å². The minimum absolute atomic E-state index is 0.664. The molecule has 0 aliphatic rings. The summed E-state index contributed by atoms with van der Waals surface area (Å²) < 4.78 is 0. The summed E-state index contributed by atoms with van der Waals surface area (Å²) in [4.78, 5) is 0. The maximum Gasteiger partial charge on any atom is -0.00561 e. The highest BCUT2D eigenvalue weighted by atomic mass is 14.0. The van der Waals surface area contributed by atoms with Crippen LogP contribution in [0.1, 0.15) is 97.8 Å². The van der Waals surface area contributed by atoms with Crippen molar-refractivity contribution in [1.82, 2.24) is 0 Å². The molecule has 0 aliphatic carbocycles. The zero-order chi connectivity index (χ0) is 14.9. The summed E-state index contributed by atoms with van der Waals surface area (Å²) in [5, 5.41) is 0. The summed E-state index contributed by atoms with van der Waals surface area (Å²) in [5.74, 6) is 0.664. The molecule has 118 valence electrons. The van der Waals surface area contributed by atoms with E-state index in [4.69, 9.17) is 0 Å². The van der Waals surface area contributed by atoms with Crippen LogP contribution < -0.4 is 0 Å². The third-order valence-electron chi connectivity index (χ3n) is 3.94. The Morgan fingerprint density at radius 2 is 1.05 bits per heavy atom. The molecular formula is C20H38. The summed E-state index contributed by atoms with van der Waals surface area (Å²) in [5.41, 5.74) is 0. The molecule has 0 saturated carbocycles. The molecule has 0 aromatic carbocycles. The van der Waals surface area contributed by atoms with Gasteiger partial charge in [0.1, 0.15) is 0 Å². The lowest BCUT2D eigenvalue weighted by molar-refractivity contribution is 0.610. The smallest absolute Gasteiger partial charge is 0.00561 e. The largest absolute Gasteiger partial charge is 0.0879 e. The van der Waals surface area contributed by atoms with E-state index in [1.807, 2.05) is 0 Å². The molecule has 1 unspecified atom stereocenters. The highest BCUT2D eigenvalue weighted by Crippen LogP contribution is 2.11. The van der Waals surface area contributed by atoms with E-state index in [0.717, 1.165) is 0 Å². The van der Waals surface area contributed by atoms with E-state index < -0.39 is 0 Å². The number of rotatable bonds is 14. The predicted octanol–water partition coefficient (Wildman–Crippen LogP) is 7.46. The van der Waals surface area contributed by atoms with Gasteiger partial charge >= 0.3 is 0 Å². The number of unbranched alkanes of at least 4 members (excludes halogenated alkanes) is 9. The normalized spacial score (nSPS) is 13.6. The van der Waals surface area contributed by atoms with Crippen LogP contribution in [0, 0.1) is 5.92 Å². The first-order valence-corrected chi connectivity index (χ1v) is 9.18. The van der Waals surface area contributed by atoms with Gasteiger partial charge in [0.15, 0.2) is 0 Å². The molecular weight excluding hydrogens is 240 g/mol. The van der Waals surface area contributed by atoms with Gasteiger partial charge in [0.25, 0.3) is 0 Å². The summed E-state index contributed by atoms with van der Waals surface area (Å²) in [7, 11) is 0. The number of hydrogen-bond donors (Lipinski definition) is 0. The van der Waals surface area contributed by atoms with Crippen molar-refractivity contribution in [2.75, 3.05) is 0 Å². The van der Waals surface area contributed by atoms with Gasteiger partial charge in [0.05, 0.1) is 0 Å². The number of allylic oxidation sites excluding steroid dienone is 4. The van der Waals surface area contributed by atoms with Crippen molar-refractivity contribution in [2.24, 2.45) is 5.92 Å². The summed E-state index contributed by atoms with van der Waals surface area (Å²) in [6, 6.07) is 0. The summed E-state index contributed by atoms with van der Waals surface area (Å²) in [6.07, 6.45) is 25.8. The van der Waals surface area contributed by atoms with E-state index in [1.165, 1.54) is 77.0 Å². The van der Waals surface area contributed by atoms with Crippen LogP contribution in [0.25, 0.3) is 0 Å². The Morgan fingerprint density at radius 1 is 0.600 bits per heavy atom. The van der Waals surface area contributed by atoms with Gasteiger partial charge in [-0.2, -0.15) is 0 Å². The SMILES string of the molecule is CCCCCC=CC(C=CCCCCCCCC)CC. The second-order valence-corrected chi connectivity index (χ2v) is 5.98. The van der Waals surface area contributed by atoms with E-state index in [0.29, 0.717) is 5.92 Å². The first kappa shape index (κ1) is 19.5. The van der Waals surface area contributed by atoms with Crippen LogP contribution in [-0.2, 0) is 0 Å². The molecule has 0 fully saturated rings. The van der Waals surface area contributed by atoms with Crippen molar-refractivity contribution in [1.29, 1.82) is 0 Å². The highest BCUT2D eigenvalue weighted by Gasteiger charge is 1.95. The van der Waals surface area contributed by atoms with E-state index in [9.17, 15) is 0 Å². The molecule has 0 aliphatic heterocycles. The van der Waals surface area contributed by atoms with Crippen LogP contribution in [0.15, 0.2) is 24.3 Å². The first-order valence-electron chi connectivity index (χ1n) is 9.18. The number of hydrogen-bond acceptors (Lipinski definition) is 0. The Labute approximate surface area is 128 Å². The second kappa shape index (κ2) is 16.5. The minimum atomic E-state index is 0.664. The predicted molar refractivity (Wildman–Crippen MR) is 94.2 cm³/mol. The lowest BCUT2D eigenvalue weighted by Crippen LogP contribution is -1.88. The molecule has 0 heterocycles. The molecule has 0 bridgehead atoms. The van der Waals surface area contributed by atoms with Crippen LogP contribution in [0.4, 0.5) is 0 Å². The Hall–Kier alpha value is -0.520. The van der Waals surface area contributed by atoms with Crippen molar-refractivity contribution < 1.29 is 0 Å². The third-order valence-corrected chi connectivity index (χ3v) is 3.94. The maximum absolute atomic E-state index is 2.42. The molecule has 0 aromatic rings. The van der Waals surface area contributed by atoms with Gasteiger partial charge in [-0.05, 0) is 38.0 Å². The van der Waals surface area contributed by atoms with Gasteiger partial charge < -0.3 is 0 Å². The lowest BCUT2D eigenvalue weighted by Gasteiger charge is -2.03.